The molecule has 7 heteroatoms. The smallest absolute Gasteiger partial charge is 0.143 e. The molecule has 3 aromatic rings. The molecule has 0 unspecified atom stereocenters. The first kappa shape index (κ1) is 10.8. The molecule has 0 amide bonds. The third kappa shape index (κ3) is 2.21. The van der Waals surface area contributed by atoms with E-state index < -0.39 is 0 Å². The van der Waals surface area contributed by atoms with Crippen LogP contribution in [0.5, 0.6) is 0 Å². The molecule has 90 valence electrons. The number of thiazole rings is 1. The van der Waals surface area contributed by atoms with Crippen LogP contribution in [0.4, 0.5) is 5.69 Å². The predicted octanol–water partition coefficient (Wildman–Crippen LogP) is 1.73. The Morgan fingerprint density at radius 1 is 1.28 bits per heavy atom. The second-order valence-electron chi connectivity index (χ2n) is 3.55. The summed E-state index contributed by atoms with van der Waals surface area (Å²) in [7, 11) is 0. The molecular weight excluding hydrogens is 248 g/mol. The van der Waals surface area contributed by atoms with Crippen LogP contribution in [0.1, 0.15) is 5.01 Å². The molecule has 18 heavy (non-hydrogen) atoms. The lowest BCUT2D eigenvalue weighted by Crippen LogP contribution is -2.04. The van der Waals surface area contributed by atoms with E-state index in [9.17, 15) is 0 Å². The Bertz CT molecular complexity index is 604. The number of hydrogen-bond acceptors (Lipinski definition) is 6. The Balaban J connectivity index is 1.84. The molecule has 0 saturated carbocycles. The molecule has 0 bridgehead atoms. The lowest BCUT2D eigenvalue weighted by atomic mass is 10.2. The number of hydrogen-bond donors (Lipinski definition) is 1. The van der Waals surface area contributed by atoms with Gasteiger partial charge in [-0.15, -0.1) is 16.4 Å². The van der Waals surface area contributed by atoms with E-state index in [4.69, 9.17) is 0 Å². The highest BCUT2D eigenvalue weighted by atomic mass is 32.1. The van der Waals surface area contributed by atoms with E-state index >= 15 is 0 Å². The van der Waals surface area contributed by atoms with Gasteiger partial charge in [-0.05, 0) is 22.6 Å². The van der Waals surface area contributed by atoms with Crippen LogP contribution in [0.3, 0.4) is 0 Å². The minimum absolute atomic E-state index is 0.691. The molecule has 1 aromatic carbocycles. The molecule has 6 nitrogen and oxygen atoms in total. The van der Waals surface area contributed by atoms with Crippen molar-refractivity contribution in [2.45, 2.75) is 6.54 Å². The SMILES string of the molecule is c1ccc(-n2cnnn2)c(NCc2nccs2)c1. The van der Waals surface area contributed by atoms with E-state index in [0.717, 1.165) is 16.4 Å². The summed E-state index contributed by atoms with van der Waals surface area (Å²) in [6.45, 7) is 0.691. The lowest BCUT2D eigenvalue weighted by Gasteiger charge is -2.09. The van der Waals surface area contributed by atoms with Gasteiger partial charge in [0.25, 0.3) is 0 Å². The molecule has 2 heterocycles. The zero-order chi connectivity index (χ0) is 12.2. The van der Waals surface area contributed by atoms with Crippen molar-refractivity contribution in [1.29, 1.82) is 0 Å². The molecule has 1 N–H and O–H groups in total. The summed E-state index contributed by atoms with van der Waals surface area (Å²) in [4.78, 5) is 4.23. The monoisotopic (exact) mass is 258 g/mol. The second kappa shape index (κ2) is 4.92. The van der Waals surface area contributed by atoms with E-state index in [0.29, 0.717) is 6.54 Å². The molecular formula is C11H10N6S. The first-order chi connectivity index (χ1) is 8.93. The highest BCUT2D eigenvalue weighted by Crippen LogP contribution is 2.19. The molecule has 0 aliphatic heterocycles. The Morgan fingerprint density at radius 3 is 3.00 bits per heavy atom. The topological polar surface area (TPSA) is 68.5 Å². The van der Waals surface area contributed by atoms with Crippen molar-refractivity contribution < 1.29 is 0 Å². The molecule has 0 fully saturated rings. The van der Waals surface area contributed by atoms with Crippen molar-refractivity contribution in [3.05, 3.63) is 47.2 Å². The van der Waals surface area contributed by atoms with Gasteiger partial charge in [-0.25, -0.2) is 4.98 Å². The van der Waals surface area contributed by atoms with Crippen LogP contribution in [-0.2, 0) is 6.54 Å². The normalized spacial score (nSPS) is 10.4. The second-order valence-corrected chi connectivity index (χ2v) is 4.53. The summed E-state index contributed by atoms with van der Waals surface area (Å²) in [6, 6.07) is 7.87. The van der Waals surface area contributed by atoms with Gasteiger partial charge in [-0.2, -0.15) is 4.68 Å². The number of nitrogens with one attached hydrogen (secondary N) is 1. The molecule has 0 atom stereocenters. The summed E-state index contributed by atoms with van der Waals surface area (Å²) < 4.78 is 1.63. The summed E-state index contributed by atoms with van der Waals surface area (Å²) >= 11 is 1.62. The van der Waals surface area contributed by atoms with Gasteiger partial charge in [0.05, 0.1) is 17.9 Å². The average molecular weight is 258 g/mol. The largest absolute Gasteiger partial charge is 0.377 e. The van der Waals surface area contributed by atoms with Crippen molar-refractivity contribution in [2.75, 3.05) is 5.32 Å². The zero-order valence-corrected chi connectivity index (χ0v) is 10.2. The third-order valence-electron chi connectivity index (χ3n) is 2.41. The summed E-state index contributed by atoms with van der Waals surface area (Å²) in [6.07, 6.45) is 3.37. The Labute approximate surface area is 107 Å². The molecule has 0 spiro atoms. The van der Waals surface area contributed by atoms with Gasteiger partial charge in [0, 0.05) is 11.6 Å². The van der Waals surface area contributed by atoms with Crippen LogP contribution in [0, 0.1) is 0 Å². The Hall–Kier alpha value is -2.28. The van der Waals surface area contributed by atoms with Crippen LogP contribution in [0.2, 0.25) is 0 Å². The van der Waals surface area contributed by atoms with E-state index in [1.54, 1.807) is 28.5 Å². The maximum atomic E-state index is 4.23. The van der Waals surface area contributed by atoms with Gasteiger partial charge in [-0.3, -0.25) is 0 Å². The van der Waals surface area contributed by atoms with Crippen LogP contribution in [-0.4, -0.2) is 25.2 Å². The van der Waals surface area contributed by atoms with Gasteiger partial charge >= 0.3 is 0 Å². The van der Waals surface area contributed by atoms with Crippen LogP contribution < -0.4 is 5.32 Å². The van der Waals surface area contributed by atoms with Gasteiger partial charge in [0.15, 0.2) is 0 Å². The Morgan fingerprint density at radius 2 is 2.22 bits per heavy atom. The summed E-state index contributed by atoms with van der Waals surface area (Å²) in [5.41, 5.74) is 1.89. The van der Waals surface area contributed by atoms with Crippen molar-refractivity contribution >= 4 is 17.0 Å². The molecule has 0 aliphatic rings. The fourth-order valence-corrected chi connectivity index (χ4v) is 2.16. The maximum Gasteiger partial charge on any atom is 0.143 e. The summed E-state index contributed by atoms with van der Waals surface area (Å²) in [5, 5.41) is 17.5. The van der Waals surface area contributed by atoms with Crippen molar-refractivity contribution in [1.82, 2.24) is 25.2 Å². The molecule has 0 saturated heterocycles. The van der Waals surface area contributed by atoms with E-state index in [1.807, 2.05) is 29.6 Å². The average Bonchev–Trinajstić information content (AvgIpc) is 3.10. The number of rotatable bonds is 4. The van der Waals surface area contributed by atoms with E-state index in [-0.39, 0.29) is 0 Å². The standard InChI is InChI=1S/C11H10N6S/c1-2-4-10(17-8-14-15-16-17)9(3-1)13-7-11-12-5-6-18-11/h1-6,8,13H,7H2. The molecule has 2 aromatic heterocycles. The van der Waals surface area contributed by atoms with Crippen molar-refractivity contribution in [2.24, 2.45) is 0 Å². The number of nitrogens with zero attached hydrogens (tertiary/aromatic N) is 5. The van der Waals surface area contributed by atoms with Crippen LogP contribution >= 0.6 is 11.3 Å². The summed E-state index contributed by atoms with van der Waals surface area (Å²) in [5.74, 6) is 0. The highest BCUT2D eigenvalue weighted by molar-refractivity contribution is 7.09. The quantitative estimate of drug-likeness (QED) is 0.772. The maximum absolute atomic E-state index is 4.23. The third-order valence-corrected chi connectivity index (χ3v) is 3.19. The molecule has 0 aliphatic carbocycles. The van der Waals surface area contributed by atoms with Gasteiger partial charge in [0.1, 0.15) is 11.3 Å². The predicted molar refractivity (Wildman–Crippen MR) is 68.6 cm³/mol. The van der Waals surface area contributed by atoms with E-state index in [2.05, 4.69) is 25.8 Å². The number of benzene rings is 1. The van der Waals surface area contributed by atoms with Crippen molar-refractivity contribution in [3.8, 4) is 5.69 Å². The molecule has 3 rings (SSSR count). The van der Waals surface area contributed by atoms with Gasteiger partial charge < -0.3 is 5.32 Å². The minimum Gasteiger partial charge on any atom is -0.377 e. The lowest BCUT2D eigenvalue weighted by molar-refractivity contribution is 0.789. The van der Waals surface area contributed by atoms with Crippen LogP contribution in [0.15, 0.2) is 42.2 Å². The number of aromatic nitrogens is 5. The highest BCUT2D eigenvalue weighted by Gasteiger charge is 2.05. The number of tetrazole rings is 1. The van der Waals surface area contributed by atoms with E-state index in [1.165, 1.54) is 0 Å². The minimum atomic E-state index is 0.691. The van der Waals surface area contributed by atoms with Gasteiger partial charge in [0.2, 0.25) is 0 Å². The first-order valence-corrected chi connectivity index (χ1v) is 6.26. The molecule has 0 radical (unpaired) electrons. The van der Waals surface area contributed by atoms with Crippen LogP contribution in [0.25, 0.3) is 5.69 Å². The number of para-hydroxylation sites is 2. The zero-order valence-electron chi connectivity index (χ0n) is 9.39. The van der Waals surface area contributed by atoms with Crippen molar-refractivity contribution in [3.63, 3.8) is 0 Å². The Kier molecular flexibility index (Phi) is 2.97. The number of anilines is 1. The van der Waals surface area contributed by atoms with Gasteiger partial charge in [-0.1, -0.05) is 12.1 Å². The fraction of sp³-hybridized carbons (Fsp3) is 0.0909. The first-order valence-electron chi connectivity index (χ1n) is 5.38. The fourth-order valence-electron chi connectivity index (χ4n) is 1.61.